The van der Waals surface area contributed by atoms with Gasteiger partial charge in [-0.05, 0) is 37.3 Å². The third-order valence-corrected chi connectivity index (χ3v) is 3.67. The van der Waals surface area contributed by atoms with E-state index in [1.165, 1.54) is 18.4 Å². The van der Waals surface area contributed by atoms with Crippen molar-refractivity contribution in [2.75, 3.05) is 7.05 Å². The lowest BCUT2D eigenvalue weighted by Gasteiger charge is -2.21. The molecule has 1 aliphatic carbocycles. The molecule has 1 atom stereocenters. The molecule has 1 aliphatic rings. The second-order valence-corrected chi connectivity index (χ2v) is 5.00. The summed E-state index contributed by atoms with van der Waals surface area (Å²) in [5.41, 5.74) is 2.44. The van der Waals surface area contributed by atoms with Crippen LogP contribution in [0.1, 0.15) is 43.7 Å². The summed E-state index contributed by atoms with van der Waals surface area (Å²) in [5, 5.41) is 0. The van der Waals surface area contributed by atoms with E-state index in [1.54, 1.807) is 0 Å². The van der Waals surface area contributed by atoms with Crippen molar-refractivity contribution in [2.45, 2.75) is 45.1 Å². The highest BCUT2D eigenvalue weighted by Crippen LogP contribution is 2.29. The Morgan fingerprint density at radius 2 is 2.18 bits per heavy atom. The van der Waals surface area contributed by atoms with Gasteiger partial charge < -0.3 is 4.90 Å². The molecule has 0 aromatic heterocycles. The average Bonchev–Trinajstić information content (AvgIpc) is 3.20. The largest absolute Gasteiger partial charge is 0.342 e. The first-order valence-corrected chi connectivity index (χ1v) is 6.49. The van der Waals surface area contributed by atoms with Gasteiger partial charge in [0.05, 0.1) is 5.92 Å². The van der Waals surface area contributed by atoms with Gasteiger partial charge in [0.1, 0.15) is 0 Å². The van der Waals surface area contributed by atoms with Crippen LogP contribution in [0.3, 0.4) is 0 Å². The lowest BCUT2D eigenvalue weighted by molar-refractivity contribution is -0.131. The summed E-state index contributed by atoms with van der Waals surface area (Å²) in [5.74, 6) is 0.229. The van der Waals surface area contributed by atoms with E-state index in [0.29, 0.717) is 6.04 Å². The molecule has 2 heteroatoms. The van der Waals surface area contributed by atoms with Crippen molar-refractivity contribution in [3.8, 4) is 0 Å². The molecule has 0 spiro atoms. The molecule has 17 heavy (non-hydrogen) atoms. The first kappa shape index (κ1) is 12.2. The second-order valence-electron chi connectivity index (χ2n) is 5.00. The summed E-state index contributed by atoms with van der Waals surface area (Å²) in [6.07, 6.45) is 3.36. The predicted octanol–water partition coefficient (Wildman–Crippen LogP) is 2.97. The van der Waals surface area contributed by atoms with Crippen LogP contribution >= 0.6 is 0 Å². The van der Waals surface area contributed by atoms with Crippen molar-refractivity contribution in [2.24, 2.45) is 0 Å². The molecule has 1 aromatic carbocycles. The fourth-order valence-electron chi connectivity index (χ4n) is 2.17. The minimum absolute atomic E-state index is 0.0212. The first-order valence-electron chi connectivity index (χ1n) is 6.49. The zero-order chi connectivity index (χ0) is 12.4. The third kappa shape index (κ3) is 2.68. The van der Waals surface area contributed by atoms with Gasteiger partial charge in [0.25, 0.3) is 0 Å². The molecule has 0 saturated heterocycles. The van der Waals surface area contributed by atoms with Crippen molar-refractivity contribution in [3.63, 3.8) is 0 Å². The van der Waals surface area contributed by atoms with Gasteiger partial charge in [-0.2, -0.15) is 0 Å². The molecule has 0 bridgehead atoms. The van der Waals surface area contributed by atoms with Crippen LogP contribution in [0.25, 0.3) is 0 Å². The minimum Gasteiger partial charge on any atom is -0.342 e. The Morgan fingerprint density at radius 3 is 2.76 bits per heavy atom. The molecule has 1 unspecified atom stereocenters. The highest BCUT2D eigenvalue weighted by Gasteiger charge is 2.32. The number of aryl methyl sites for hydroxylation is 1. The zero-order valence-corrected chi connectivity index (χ0v) is 10.9. The fourth-order valence-corrected chi connectivity index (χ4v) is 2.17. The Labute approximate surface area is 104 Å². The normalized spacial score (nSPS) is 16.6. The molecule has 1 fully saturated rings. The molecule has 2 nitrogen and oxygen atoms in total. The molecule has 0 aliphatic heterocycles. The number of carbonyl (C=O) groups is 1. The molecule has 0 radical (unpaired) electrons. The maximum atomic E-state index is 12.3. The van der Waals surface area contributed by atoms with E-state index >= 15 is 0 Å². The van der Waals surface area contributed by atoms with Gasteiger partial charge in [-0.25, -0.2) is 0 Å². The van der Waals surface area contributed by atoms with Crippen molar-refractivity contribution in [3.05, 3.63) is 35.4 Å². The fraction of sp³-hybridized carbons (Fsp3) is 0.533. The van der Waals surface area contributed by atoms with Gasteiger partial charge >= 0.3 is 0 Å². The van der Waals surface area contributed by atoms with Crippen molar-refractivity contribution >= 4 is 5.91 Å². The average molecular weight is 231 g/mol. The smallest absolute Gasteiger partial charge is 0.229 e. The van der Waals surface area contributed by atoms with Gasteiger partial charge in [0, 0.05) is 13.1 Å². The molecule has 2 rings (SSSR count). The van der Waals surface area contributed by atoms with E-state index in [1.807, 2.05) is 18.9 Å². The van der Waals surface area contributed by atoms with Gasteiger partial charge in [0.2, 0.25) is 5.91 Å². The number of hydrogen-bond acceptors (Lipinski definition) is 1. The van der Waals surface area contributed by atoms with E-state index in [2.05, 4.69) is 31.2 Å². The minimum atomic E-state index is -0.0212. The summed E-state index contributed by atoms with van der Waals surface area (Å²) >= 11 is 0. The number of hydrogen-bond donors (Lipinski definition) is 0. The van der Waals surface area contributed by atoms with Gasteiger partial charge in [-0.1, -0.05) is 31.2 Å². The van der Waals surface area contributed by atoms with Crippen molar-refractivity contribution in [1.82, 2.24) is 4.90 Å². The highest BCUT2D eigenvalue weighted by molar-refractivity contribution is 5.83. The summed E-state index contributed by atoms with van der Waals surface area (Å²) in [7, 11) is 1.93. The van der Waals surface area contributed by atoms with E-state index in [-0.39, 0.29) is 11.8 Å². The van der Waals surface area contributed by atoms with Crippen LogP contribution in [0.5, 0.6) is 0 Å². The predicted molar refractivity (Wildman–Crippen MR) is 70.0 cm³/mol. The van der Waals surface area contributed by atoms with Gasteiger partial charge in [-0.3, -0.25) is 4.79 Å². The van der Waals surface area contributed by atoms with Crippen LogP contribution < -0.4 is 0 Å². The van der Waals surface area contributed by atoms with E-state index in [9.17, 15) is 4.79 Å². The summed E-state index contributed by atoms with van der Waals surface area (Å²) in [4.78, 5) is 14.2. The van der Waals surface area contributed by atoms with Gasteiger partial charge in [0.15, 0.2) is 0 Å². The lowest BCUT2D eigenvalue weighted by Crippen LogP contribution is -2.32. The molecule has 0 N–H and O–H groups in total. The van der Waals surface area contributed by atoms with Crippen LogP contribution in [0, 0.1) is 0 Å². The number of likely N-dealkylation sites (N-methyl/N-ethyl adjacent to an activating group) is 1. The molecule has 1 saturated carbocycles. The Morgan fingerprint density at radius 1 is 1.47 bits per heavy atom. The van der Waals surface area contributed by atoms with E-state index in [4.69, 9.17) is 0 Å². The number of rotatable bonds is 4. The van der Waals surface area contributed by atoms with Crippen molar-refractivity contribution in [1.29, 1.82) is 0 Å². The summed E-state index contributed by atoms with van der Waals surface area (Å²) in [6, 6.07) is 8.88. The standard InChI is InChI=1S/C15H21NO/c1-4-12-6-5-7-13(10-12)11(2)15(17)16(3)14-8-9-14/h5-7,10-11,14H,4,8-9H2,1-3H3. The van der Waals surface area contributed by atoms with Crippen LogP contribution in [-0.2, 0) is 11.2 Å². The molecule has 1 amide bonds. The first-order chi connectivity index (χ1) is 8.13. The Bertz CT molecular complexity index is 409. The third-order valence-electron chi connectivity index (χ3n) is 3.67. The van der Waals surface area contributed by atoms with Crippen LogP contribution in [0.4, 0.5) is 0 Å². The van der Waals surface area contributed by atoms with Crippen LogP contribution in [0.15, 0.2) is 24.3 Å². The Kier molecular flexibility index (Phi) is 3.51. The van der Waals surface area contributed by atoms with Gasteiger partial charge in [-0.15, -0.1) is 0 Å². The maximum absolute atomic E-state index is 12.3. The highest BCUT2D eigenvalue weighted by atomic mass is 16.2. The number of benzene rings is 1. The maximum Gasteiger partial charge on any atom is 0.229 e. The lowest BCUT2D eigenvalue weighted by atomic mass is 9.97. The molecule has 1 aromatic rings. The topological polar surface area (TPSA) is 20.3 Å². The SMILES string of the molecule is CCc1cccc(C(C)C(=O)N(C)C2CC2)c1. The number of carbonyl (C=O) groups excluding carboxylic acids is 1. The number of amides is 1. The van der Waals surface area contributed by atoms with Crippen LogP contribution in [-0.4, -0.2) is 23.9 Å². The molecule has 0 heterocycles. The molecule has 92 valence electrons. The Hall–Kier alpha value is -1.31. The monoisotopic (exact) mass is 231 g/mol. The van der Waals surface area contributed by atoms with E-state index in [0.717, 1.165) is 12.0 Å². The molecular formula is C15H21NO. The number of nitrogens with zero attached hydrogens (tertiary/aromatic N) is 1. The van der Waals surface area contributed by atoms with E-state index < -0.39 is 0 Å². The Balaban J connectivity index is 2.11. The van der Waals surface area contributed by atoms with Crippen LogP contribution in [0.2, 0.25) is 0 Å². The summed E-state index contributed by atoms with van der Waals surface area (Å²) < 4.78 is 0. The quantitative estimate of drug-likeness (QED) is 0.780. The zero-order valence-electron chi connectivity index (χ0n) is 10.9. The molecular weight excluding hydrogens is 210 g/mol. The summed E-state index contributed by atoms with van der Waals surface area (Å²) in [6.45, 7) is 4.15. The second kappa shape index (κ2) is 4.91. The van der Waals surface area contributed by atoms with Crippen molar-refractivity contribution < 1.29 is 4.79 Å².